The number of anilines is 3. The van der Waals surface area contributed by atoms with Gasteiger partial charge < -0.3 is 19.7 Å². The largest absolute Gasteiger partial charge is 0.368 e. The van der Waals surface area contributed by atoms with Crippen LogP contribution in [0.1, 0.15) is 32.6 Å². The maximum Gasteiger partial charge on any atom is 0.227 e. The van der Waals surface area contributed by atoms with Crippen LogP contribution in [-0.2, 0) is 4.79 Å². The summed E-state index contributed by atoms with van der Waals surface area (Å²) in [6.07, 6.45) is 3.41. The van der Waals surface area contributed by atoms with E-state index in [2.05, 4.69) is 55.7 Å². The third-order valence-electron chi connectivity index (χ3n) is 5.70. The van der Waals surface area contributed by atoms with Crippen LogP contribution in [-0.4, -0.2) is 56.5 Å². The van der Waals surface area contributed by atoms with E-state index in [0.717, 1.165) is 49.1 Å². The van der Waals surface area contributed by atoms with Gasteiger partial charge in [0.2, 0.25) is 11.9 Å². The minimum absolute atomic E-state index is 0.137. The molecule has 2 aromatic heterocycles. The lowest BCUT2D eigenvalue weighted by atomic mass is 10.2. The van der Waals surface area contributed by atoms with E-state index >= 15 is 0 Å². The van der Waals surface area contributed by atoms with Crippen molar-refractivity contribution in [1.82, 2.24) is 24.4 Å². The minimum Gasteiger partial charge on any atom is -0.368 e. The number of nitrogens with one attached hydrogen (secondary N) is 1. The van der Waals surface area contributed by atoms with E-state index in [1.165, 1.54) is 0 Å². The quantitative estimate of drug-likeness (QED) is 0.620. The Morgan fingerprint density at radius 1 is 1.06 bits per heavy atom. The summed E-state index contributed by atoms with van der Waals surface area (Å²) in [7, 11) is 0. The second-order valence-electron chi connectivity index (χ2n) is 8.21. The van der Waals surface area contributed by atoms with Gasteiger partial charge in [0.05, 0.1) is 23.1 Å². The minimum atomic E-state index is 0.137. The number of imidazole rings is 1. The molecule has 1 aliphatic heterocycles. The van der Waals surface area contributed by atoms with Crippen molar-refractivity contribution < 1.29 is 4.79 Å². The topological polar surface area (TPSA) is 79.2 Å². The molecule has 0 aliphatic carbocycles. The van der Waals surface area contributed by atoms with Gasteiger partial charge in [-0.1, -0.05) is 11.6 Å². The van der Waals surface area contributed by atoms with E-state index in [1.54, 1.807) is 19.3 Å². The third-order valence-corrected chi connectivity index (χ3v) is 5.98. The van der Waals surface area contributed by atoms with Gasteiger partial charge in [-0.15, -0.1) is 0 Å². The Hall–Kier alpha value is -3.13. The van der Waals surface area contributed by atoms with Gasteiger partial charge in [0.25, 0.3) is 0 Å². The number of carbonyl (C=O) groups excluding carboxylic acids is 1. The lowest BCUT2D eigenvalue weighted by molar-refractivity contribution is -0.129. The van der Waals surface area contributed by atoms with Gasteiger partial charge in [-0.2, -0.15) is 0 Å². The standard InChI is InChI=1S/C23H28ClN7O/c1-15(2)31-16(3)25-14-21(31)22-20(24)13-26-23(28-22)27-18-5-7-19(8-6-18)30-11-9-29(10-12-30)17(4)32/h5-8,13-15H,9-12H2,1-4H3,(H,26,27,28). The van der Waals surface area contributed by atoms with E-state index in [0.29, 0.717) is 16.7 Å². The number of halogens is 1. The molecule has 9 heteroatoms. The molecule has 32 heavy (non-hydrogen) atoms. The van der Waals surface area contributed by atoms with E-state index in [4.69, 9.17) is 11.6 Å². The number of nitrogens with zero attached hydrogens (tertiary/aromatic N) is 6. The van der Waals surface area contributed by atoms with Crippen molar-refractivity contribution in [3.8, 4) is 11.4 Å². The molecule has 0 bridgehead atoms. The molecule has 1 N–H and O–H groups in total. The average molecular weight is 454 g/mol. The first-order valence-electron chi connectivity index (χ1n) is 10.8. The first-order valence-corrected chi connectivity index (χ1v) is 11.2. The fraction of sp³-hybridized carbons (Fsp3) is 0.391. The Balaban J connectivity index is 1.50. The fourth-order valence-corrected chi connectivity index (χ4v) is 4.24. The first-order chi connectivity index (χ1) is 15.3. The smallest absolute Gasteiger partial charge is 0.227 e. The zero-order valence-electron chi connectivity index (χ0n) is 18.8. The van der Waals surface area contributed by atoms with E-state index in [9.17, 15) is 4.79 Å². The predicted octanol–water partition coefficient (Wildman–Crippen LogP) is 4.29. The molecule has 1 aliphatic rings. The van der Waals surface area contributed by atoms with Crippen molar-refractivity contribution in [3.05, 3.63) is 47.5 Å². The molecular weight excluding hydrogens is 426 g/mol. The molecule has 0 atom stereocenters. The Kier molecular flexibility index (Phi) is 6.32. The van der Waals surface area contributed by atoms with Gasteiger partial charge in [-0.3, -0.25) is 4.79 Å². The third kappa shape index (κ3) is 4.55. The predicted molar refractivity (Wildman–Crippen MR) is 128 cm³/mol. The van der Waals surface area contributed by atoms with Gasteiger partial charge in [-0.25, -0.2) is 15.0 Å². The summed E-state index contributed by atoms with van der Waals surface area (Å²) in [5.74, 6) is 1.53. The summed E-state index contributed by atoms with van der Waals surface area (Å²) in [5, 5.41) is 3.75. The fourth-order valence-electron chi connectivity index (χ4n) is 4.05. The highest BCUT2D eigenvalue weighted by Gasteiger charge is 2.19. The van der Waals surface area contributed by atoms with E-state index in [-0.39, 0.29) is 11.9 Å². The molecule has 0 spiro atoms. The molecule has 1 aromatic carbocycles. The Morgan fingerprint density at radius 3 is 2.38 bits per heavy atom. The van der Waals surface area contributed by atoms with Gasteiger partial charge in [-0.05, 0) is 45.0 Å². The number of benzene rings is 1. The van der Waals surface area contributed by atoms with Crippen LogP contribution in [0.2, 0.25) is 5.02 Å². The van der Waals surface area contributed by atoms with Crippen molar-refractivity contribution in [2.75, 3.05) is 36.4 Å². The van der Waals surface area contributed by atoms with Crippen molar-refractivity contribution in [2.45, 2.75) is 33.7 Å². The molecule has 3 heterocycles. The number of carbonyl (C=O) groups is 1. The number of aromatic nitrogens is 4. The van der Waals surface area contributed by atoms with E-state index in [1.807, 2.05) is 24.0 Å². The van der Waals surface area contributed by atoms with Gasteiger partial charge >= 0.3 is 0 Å². The molecule has 8 nitrogen and oxygen atoms in total. The van der Waals surface area contributed by atoms with Crippen LogP contribution < -0.4 is 10.2 Å². The zero-order valence-corrected chi connectivity index (χ0v) is 19.6. The van der Waals surface area contributed by atoms with Gasteiger partial charge in [0.15, 0.2) is 0 Å². The van der Waals surface area contributed by atoms with Crippen LogP contribution in [0, 0.1) is 6.92 Å². The monoisotopic (exact) mass is 453 g/mol. The summed E-state index contributed by atoms with van der Waals surface area (Å²) in [6.45, 7) is 11.0. The highest BCUT2D eigenvalue weighted by atomic mass is 35.5. The van der Waals surface area contributed by atoms with Crippen LogP contribution in [0.3, 0.4) is 0 Å². The summed E-state index contributed by atoms with van der Waals surface area (Å²) in [6, 6.07) is 8.39. The number of hydrogen-bond donors (Lipinski definition) is 1. The number of aryl methyl sites for hydroxylation is 1. The Bertz CT molecular complexity index is 1100. The second kappa shape index (κ2) is 9.16. The Morgan fingerprint density at radius 2 is 1.75 bits per heavy atom. The number of rotatable bonds is 5. The normalized spacial score (nSPS) is 14.2. The molecule has 1 fully saturated rings. The lowest BCUT2D eigenvalue weighted by Crippen LogP contribution is -2.48. The first kappa shape index (κ1) is 22.1. The summed E-state index contributed by atoms with van der Waals surface area (Å²) in [5.41, 5.74) is 3.54. The second-order valence-corrected chi connectivity index (χ2v) is 8.62. The zero-order chi connectivity index (χ0) is 22.8. The molecule has 0 unspecified atom stereocenters. The van der Waals surface area contributed by atoms with Crippen LogP contribution >= 0.6 is 11.6 Å². The molecule has 1 saturated heterocycles. The number of piperazine rings is 1. The van der Waals surface area contributed by atoms with Crippen molar-refractivity contribution in [3.63, 3.8) is 0 Å². The summed E-state index contributed by atoms with van der Waals surface area (Å²) >= 11 is 6.43. The molecular formula is C23H28ClN7O. The van der Waals surface area contributed by atoms with Gasteiger partial charge in [0, 0.05) is 50.5 Å². The van der Waals surface area contributed by atoms with E-state index < -0.39 is 0 Å². The van der Waals surface area contributed by atoms with Crippen LogP contribution in [0.4, 0.5) is 17.3 Å². The summed E-state index contributed by atoms with van der Waals surface area (Å²) < 4.78 is 2.11. The SMILES string of the molecule is CC(=O)N1CCN(c2ccc(Nc3ncc(Cl)c(-c4cnc(C)n4C(C)C)n3)cc2)CC1. The average Bonchev–Trinajstić information content (AvgIpc) is 3.17. The highest BCUT2D eigenvalue weighted by Crippen LogP contribution is 2.30. The van der Waals surface area contributed by atoms with Crippen LogP contribution in [0.15, 0.2) is 36.7 Å². The number of hydrogen-bond acceptors (Lipinski definition) is 6. The lowest BCUT2D eigenvalue weighted by Gasteiger charge is -2.35. The van der Waals surface area contributed by atoms with Gasteiger partial charge in [0.1, 0.15) is 11.5 Å². The molecule has 0 radical (unpaired) electrons. The van der Waals surface area contributed by atoms with Crippen molar-refractivity contribution in [2.24, 2.45) is 0 Å². The number of amides is 1. The molecule has 1 amide bonds. The van der Waals surface area contributed by atoms with Crippen LogP contribution in [0.5, 0.6) is 0 Å². The highest BCUT2D eigenvalue weighted by molar-refractivity contribution is 6.32. The maximum absolute atomic E-state index is 11.5. The van der Waals surface area contributed by atoms with Crippen molar-refractivity contribution >= 4 is 34.8 Å². The molecule has 168 valence electrons. The van der Waals surface area contributed by atoms with Crippen LogP contribution in [0.25, 0.3) is 11.4 Å². The summed E-state index contributed by atoms with van der Waals surface area (Å²) in [4.78, 5) is 29.1. The molecule has 3 aromatic rings. The molecule has 4 rings (SSSR count). The van der Waals surface area contributed by atoms with Crippen molar-refractivity contribution in [1.29, 1.82) is 0 Å². The molecule has 0 saturated carbocycles. The maximum atomic E-state index is 11.5. The Labute approximate surface area is 193 Å².